The Morgan fingerprint density at radius 2 is 2.16 bits per heavy atom. The van der Waals surface area contributed by atoms with Gasteiger partial charge in [-0.25, -0.2) is 0 Å². The number of aromatic nitrogens is 1. The molecule has 1 heterocycles. The number of pyridine rings is 1. The fourth-order valence-electron chi connectivity index (χ4n) is 1.86. The zero-order valence-corrected chi connectivity index (χ0v) is 13.1. The number of nitrogens with one attached hydrogen (secondary N) is 1. The molecule has 1 aromatic heterocycles. The number of halogens is 1. The van der Waals surface area contributed by atoms with Crippen molar-refractivity contribution in [2.24, 2.45) is 0 Å². The summed E-state index contributed by atoms with van der Waals surface area (Å²) in [5.74, 6) is 0. The van der Waals surface area contributed by atoms with Crippen LogP contribution in [0.4, 0.5) is 0 Å². The zero-order chi connectivity index (χ0) is 14.3. The third-order valence-corrected chi connectivity index (χ3v) is 3.56. The van der Waals surface area contributed by atoms with Gasteiger partial charge in [-0.15, -0.1) is 0 Å². The van der Waals surface area contributed by atoms with Crippen LogP contribution in [0.25, 0.3) is 0 Å². The van der Waals surface area contributed by atoms with Gasteiger partial charge in [-0.1, -0.05) is 18.5 Å². The van der Waals surface area contributed by atoms with Crippen LogP contribution >= 0.6 is 11.6 Å². The molecule has 0 amide bonds. The monoisotopic (exact) mass is 284 g/mol. The van der Waals surface area contributed by atoms with Crippen LogP contribution in [0.3, 0.4) is 0 Å². The van der Waals surface area contributed by atoms with E-state index >= 15 is 0 Å². The summed E-state index contributed by atoms with van der Waals surface area (Å²) >= 11 is 5.89. The minimum Gasteiger partial charge on any atom is -0.379 e. The van der Waals surface area contributed by atoms with Crippen molar-refractivity contribution in [1.82, 2.24) is 10.3 Å². The maximum absolute atomic E-state index is 5.89. The van der Waals surface area contributed by atoms with Crippen molar-refractivity contribution >= 4 is 11.6 Å². The summed E-state index contributed by atoms with van der Waals surface area (Å²) in [5.41, 5.74) is 0.947. The molecule has 0 bridgehead atoms. The Balaban J connectivity index is 2.68. The molecule has 0 spiro atoms. The molecule has 1 N–H and O–H groups in total. The molecular weight excluding hydrogens is 260 g/mol. The molecule has 4 heteroatoms. The first-order valence-electron chi connectivity index (χ1n) is 6.88. The summed E-state index contributed by atoms with van der Waals surface area (Å²) in [6.07, 6.45) is 4.79. The average molecular weight is 285 g/mol. The molecule has 0 aliphatic rings. The molecule has 0 aliphatic heterocycles. The van der Waals surface area contributed by atoms with Gasteiger partial charge in [0.15, 0.2) is 0 Å². The van der Waals surface area contributed by atoms with Gasteiger partial charge in [0.05, 0.1) is 16.3 Å². The number of methoxy groups -OCH3 is 1. The summed E-state index contributed by atoms with van der Waals surface area (Å²) in [6, 6.07) is 4.15. The Morgan fingerprint density at radius 1 is 1.42 bits per heavy atom. The van der Waals surface area contributed by atoms with Crippen molar-refractivity contribution in [3.63, 3.8) is 0 Å². The molecule has 0 fully saturated rings. The molecule has 0 saturated heterocycles. The van der Waals surface area contributed by atoms with Crippen molar-refractivity contribution < 1.29 is 4.74 Å². The van der Waals surface area contributed by atoms with Crippen LogP contribution in [0.5, 0.6) is 0 Å². The van der Waals surface area contributed by atoms with Gasteiger partial charge in [0.2, 0.25) is 0 Å². The topological polar surface area (TPSA) is 34.1 Å². The molecule has 0 radical (unpaired) electrons. The number of hydrogen-bond donors (Lipinski definition) is 1. The highest BCUT2D eigenvalue weighted by Gasteiger charge is 2.20. The van der Waals surface area contributed by atoms with Gasteiger partial charge >= 0.3 is 0 Å². The van der Waals surface area contributed by atoms with Crippen LogP contribution in [0, 0.1) is 0 Å². The maximum atomic E-state index is 5.89. The third kappa shape index (κ3) is 5.89. The van der Waals surface area contributed by atoms with E-state index in [1.165, 1.54) is 0 Å². The van der Waals surface area contributed by atoms with Crippen molar-refractivity contribution in [3.05, 3.63) is 29.0 Å². The highest BCUT2D eigenvalue weighted by atomic mass is 35.5. The van der Waals surface area contributed by atoms with Gasteiger partial charge in [0.25, 0.3) is 0 Å². The Hall–Kier alpha value is -0.640. The molecule has 3 nitrogen and oxygen atoms in total. The van der Waals surface area contributed by atoms with E-state index in [9.17, 15) is 0 Å². The molecule has 19 heavy (non-hydrogen) atoms. The number of hydrogen-bond acceptors (Lipinski definition) is 3. The average Bonchev–Trinajstić information content (AvgIpc) is 2.40. The molecule has 1 atom stereocenters. The summed E-state index contributed by atoms with van der Waals surface area (Å²) < 4.78 is 5.48. The van der Waals surface area contributed by atoms with Crippen molar-refractivity contribution in [2.75, 3.05) is 13.7 Å². The Labute approximate surface area is 121 Å². The molecule has 108 valence electrons. The van der Waals surface area contributed by atoms with Crippen LogP contribution in [0.15, 0.2) is 18.3 Å². The SMILES string of the molecule is CCCNC(CCC(C)(C)OC)c1ccc(Cl)cn1. The minimum absolute atomic E-state index is 0.0986. The lowest BCUT2D eigenvalue weighted by Crippen LogP contribution is -2.28. The van der Waals surface area contributed by atoms with Gasteiger partial charge in [0, 0.05) is 19.3 Å². The van der Waals surface area contributed by atoms with Gasteiger partial charge in [-0.05, 0) is 51.8 Å². The van der Waals surface area contributed by atoms with Crippen LogP contribution in [0.2, 0.25) is 5.02 Å². The van der Waals surface area contributed by atoms with E-state index in [0.717, 1.165) is 31.5 Å². The lowest BCUT2D eigenvalue weighted by atomic mass is 9.97. The molecule has 0 aliphatic carbocycles. The predicted molar refractivity (Wildman–Crippen MR) is 80.6 cm³/mol. The second-order valence-corrected chi connectivity index (χ2v) is 5.85. The maximum Gasteiger partial charge on any atom is 0.0623 e. The first kappa shape index (κ1) is 16.4. The quantitative estimate of drug-likeness (QED) is 0.784. The number of rotatable bonds is 8. The van der Waals surface area contributed by atoms with Crippen molar-refractivity contribution in [2.45, 2.75) is 51.7 Å². The first-order valence-corrected chi connectivity index (χ1v) is 7.26. The van der Waals surface area contributed by atoms with E-state index in [0.29, 0.717) is 5.02 Å². The van der Waals surface area contributed by atoms with Crippen LogP contribution in [0.1, 0.15) is 51.8 Å². The molecule has 1 rings (SSSR count). The summed E-state index contributed by atoms with van der Waals surface area (Å²) in [6.45, 7) is 7.37. The zero-order valence-electron chi connectivity index (χ0n) is 12.4. The van der Waals surface area contributed by atoms with E-state index in [4.69, 9.17) is 16.3 Å². The van der Waals surface area contributed by atoms with E-state index in [1.54, 1.807) is 13.3 Å². The van der Waals surface area contributed by atoms with Gasteiger partial charge < -0.3 is 10.1 Å². The molecule has 1 aromatic rings. The van der Waals surface area contributed by atoms with E-state index in [2.05, 4.69) is 31.1 Å². The van der Waals surface area contributed by atoms with Gasteiger partial charge in [-0.2, -0.15) is 0 Å². The smallest absolute Gasteiger partial charge is 0.0623 e. The van der Waals surface area contributed by atoms with E-state index < -0.39 is 0 Å². The summed E-state index contributed by atoms with van der Waals surface area (Å²) in [7, 11) is 1.76. The van der Waals surface area contributed by atoms with Crippen LogP contribution < -0.4 is 5.32 Å². The van der Waals surface area contributed by atoms with Crippen molar-refractivity contribution in [3.8, 4) is 0 Å². The normalized spacial score (nSPS) is 13.5. The first-order chi connectivity index (χ1) is 8.98. The highest BCUT2D eigenvalue weighted by Crippen LogP contribution is 2.24. The van der Waals surface area contributed by atoms with Gasteiger partial charge in [0.1, 0.15) is 0 Å². The fraction of sp³-hybridized carbons (Fsp3) is 0.667. The Bertz CT molecular complexity index is 365. The molecule has 0 saturated carbocycles. The predicted octanol–water partition coefficient (Wildman–Crippen LogP) is 3.98. The second kappa shape index (κ2) is 7.83. The molecular formula is C15H25ClN2O. The van der Waals surface area contributed by atoms with Crippen molar-refractivity contribution in [1.29, 1.82) is 0 Å². The third-order valence-electron chi connectivity index (χ3n) is 3.34. The number of nitrogens with zero attached hydrogens (tertiary/aromatic N) is 1. The van der Waals surface area contributed by atoms with E-state index in [-0.39, 0.29) is 11.6 Å². The largest absolute Gasteiger partial charge is 0.379 e. The minimum atomic E-state index is -0.0986. The van der Waals surface area contributed by atoms with Crippen LogP contribution in [-0.2, 0) is 4.74 Å². The fourth-order valence-corrected chi connectivity index (χ4v) is 1.97. The summed E-state index contributed by atoms with van der Waals surface area (Å²) in [5, 5.41) is 4.22. The lowest BCUT2D eigenvalue weighted by Gasteiger charge is -2.26. The van der Waals surface area contributed by atoms with Gasteiger partial charge in [-0.3, -0.25) is 4.98 Å². The second-order valence-electron chi connectivity index (χ2n) is 5.41. The number of ether oxygens (including phenoxy) is 1. The van der Waals surface area contributed by atoms with Crippen LogP contribution in [-0.4, -0.2) is 24.2 Å². The molecule has 0 aromatic carbocycles. The van der Waals surface area contributed by atoms with E-state index in [1.807, 2.05) is 12.1 Å². The Morgan fingerprint density at radius 3 is 2.68 bits per heavy atom. The molecule has 1 unspecified atom stereocenters. The lowest BCUT2D eigenvalue weighted by molar-refractivity contribution is 0.0116. The Kier molecular flexibility index (Phi) is 6.76. The summed E-state index contributed by atoms with van der Waals surface area (Å²) in [4.78, 5) is 4.42. The standard InChI is InChI=1S/C15H25ClN2O/c1-5-10-17-14(8-9-15(2,3)19-4)13-7-6-12(16)11-18-13/h6-7,11,14,17H,5,8-10H2,1-4H3. The highest BCUT2D eigenvalue weighted by molar-refractivity contribution is 6.30.